The number of aromatic nitrogens is 2. The Morgan fingerprint density at radius 2 is 2.20 bits per heavy atom. The van der Waals surface area contributed by atoms with E-state index in [-0.39, 0.29) is 11.9 Å². The van der Waals surface area contributed by atoms with Gasteiger partial charge in [0.25, 0.3) is 0 Å². The number of likely N-dealkylation sites (tertiary alicyclic amines) is 1. The number of aliphatic hydroxyl groups is 1. The molecule has 162 valence electrons. The van der Waals surface area contributed by atoms with Gasteiger partial charge in [0.1, 0.15) is 5.52 Å². The van der Waals surface area contributed by atoms with E-state index < -0.39 is 5.60 Å². The number of terminal acetylenes is 1. The molecule has 2 amide bonds. The average molecular weight is 433 g/mol. The summed E-state index contributed by atoms with van der Waals surface area (Å²) in [5.41, 5.74) is 0.813. The number of piperidine rings is 1. The SMILES string of the molecule is C#CCC1(O)CCN(C(=O)Nc2nc3c(OC)ncc(C(C)CCOC)c3s2)CC1. The number of anilines is 1. The Labute approximate surface area is 180 Å². The number of fused-ring (bicyclic) bond motifs is 1. The number of urea groups is 1. The first-order chi connectivity index (χ1) is 14.4. The lowest BCUT2D eigenvalue weighted by Gasteiger charge is -2.36. The molecule has 1 atom stereocenters. The minimum Gasteiger partial charge on any atom is -0.479 e. The quantitative estimate of drug-likeness (QED) is 0.652. The maximum absolute atomic E-state index is 12.7. The molecule has 0 spiro atoms. The molecule has 1 aliphatic heterocycles. The van der Waals surface area contributed by atoms with Gasteiger partial charge in [0.05, 0.1) is 17.4 Å². The van der Waals surface area contributed by atoms with Gasteiger partial charge in [0, 0.05) is 39.4 Å². The molecule has 30 heavy (non-hydrogen) atoms. The second-order valence-corrected chi connectivity index (χ2v) is 8.62. The Bertz CT molecular complexity index is 931. The monoisotopic (exact) mass is 432 g/mol. The van der Waals surface area contributed by atoms with Gasteiger partial charge in [-0.3, -0.25) is 5.32 Å². The maximum Gasteiger partial charge on any atom is 0.323 e. The molecule has 1 aliphatic rings. The van der Waals surface area contributed by atoms with Gasteiger partial charge in [-0.1, -0.05) is 18.3 Å². The summed E-state index contributed by atoms with van der Waals surface area (Å²) in [5, 5.41) is 13.8. The molecular weight excluding hydrogens is 404 g/mol. The van der Waals surface area contributed by atoms with Crippen molar-refractivity contribution in [2.24, 2.45) is 0 Å². The minimum atomic E-state index is -0.881. The lowest BCUT2D eigenvalue weighted by molar-refractivity contribution is -0.00643. The predicted octanol–water partition coefficient (Wildman–Crippen LogP) is 3.22. The standard InChI is InChI=1S/C21H28N4O4S/c1-5-7-21(27)8-10-25(11-9-21)20(26)24-19-23-16-17(30-19)15(13-22-18(16)29-4)14(2)6-12-28-3/h1,13-14,27H,6-12H2,2-4H3,(H,23,24,26). The largest absolute Gasteiger partial charge is 0.479 e. The van der Waals surface area contributed by atoms with Gasteiger partial charge in [0.15, 0.2) is 5.13 Å². The Balaban J connectivity index is 1.77. The molecule has 1 fully saturated rings. The summed E-state index contributed by atoms with van der Waals surface area (Å²) >= 11 is 1.41. The second kappa shape index (κ2) is 9.60. The number of rotatable bonds is 7. The molecule has 2 aromatic rings. The highest BCUT2D eigenvalue weighted by Gasteiger charge is 2.33. The number of hydrogen-bond donors (Lipinski definition) is 2. The van der Waals surface area contributed by atoms with Crippen molar-refractivity contribution in [3.8, 4) is 18.2 Å². The molecule has 3 heterocycles. The van der Waals surface area contributed by atoms with Crippen molar-refractivity contribution in [3.05, 3.63) is 11.8 Å². The van der Waals surface area contributed by atoms with Crippen LogP contribution in [0, 0.1) is 12.3 Å². The molecule has 3 rings (SSSR count). The third-order valence-corrected chi connectivity index (χ3v) is 6.54. The first kappa shape index (κ1) is 22.3. The molecule has 1 unspecified atom stereocenters. The van der Waals surface area contributed by atoms with E-state index >= 15 is 0 Å². The summed E-state index contributed by atoms with van der Waals surface area (Å²) in [6.45, 7) is 3.65. The number of methoxy groups -OCH3 is 2. The van der Waals surface area contributed by atoms with Crippen LogP contribution in [0.1, 0.15) is 44.1 Å². The Morgan fingerprint density at radius 3 is 2.83 bits per heavy atom. The molecule has 9 heteroatoms. The van der Waals surface area contributed by atoms with E-state index in [9.17, 15) is 9.90 Å². The van der Waals surface area contributed by atoms with Crippen molar-refractivity contribution in [1.82, 2.24) is 14.9 Å². The molecule has 2 aromatic heterocycles. The fourth-order valence-corrected chi connectivity index (χ4v) is 4.65. The number of pyridine rings is 1. The van der Waals surface area contributed by atoms with Gasteiger partial charge in [0.2, 0.25) is 5.88 Å². The van der Waals surface area contributed by atoms with Crippen LogP contribution < -0.4 is 10.1 Å². The zero-order valence-corrected chi connectivity index (χ0v) is 18.4. The van der Waals surface area contributed by atoms with Gasteiger partial charge in [-0.25, -0.2) is 14.8 Å². The highest BCUT2D eigenvalue weighted by atomic mass is 32.1. The van der Waals surface area contributed by atoms with E-state index in [1.807, 2.05) is 6.20 Å². The van der Waals surface area contributed by atoms with Gasteiger partial charge in [-0.05, 0) is 30.7 Å². The summed E-state index contributed by atoms with van der Waals surface area (Å²) in [6, 6.07) is -0.238. The first-order valence-electron chi connectivity index (χ1n) is 9.95. The summed E-state index contributed by atoms with van der Waals surface area (Å²) in [7, 11) is 3.24. The third kappa shape index (κ3) is 4.83. The third-order valence-electron chi connectivity index (χ3n) is 5.52. The number of thiazole rings is 1. The van der Waals surface area contributed by atoms with Crippen molar-refractivity contribution in [2.75, 3.05) is 39.2 Å². The highest BCUT2D eigenvalue weighted by Crippen LogP contribution is 2.37. The average Bonchev–Trinajstić information content (AvgIpc) is 3.15. The molecule has 1 saturated heterocycles. The van der Waals surface area contributed by atoms with E-state index in [1.54, 1.807) is 19.1 Å². The smallest absolute Gasteiger partial charge is 0.323 e. The molecule has 0 saturated carbocycles. The van der Waals surface area contributed by atoms with Crippen LogP contribution >= 0.6 is 11.3 Å². The van der Waals surface area contributed by atoms with Crippen LogP contribution in [0.15, 0.2) is 6.20 Å². The van der Waals surface area contributed by atoms with Crippen LogP contribution in [0.5, 0.6) is 5.88 Å². The van der Waals surface area contributed by atoms with Gasteiger partial charge in [-0.2, -0.15) is 0 Å². The number of nitrogens with one attached hydrogen (secondary N) is 1. The van der Waals surface area contributed by atoms with E-state index in [0.717, 1.165) is 16.7 Å². The minimum absolute atomic E-state index is 0.228. The van der Waals surface area contributed by atoms with E-state index in [1.165, 1.54) is 11.3 Å². The zero-order valence-electron chi connectivity index (χ0n) is 17.6. The summed E-state index contributed by atoms with van der Waals surface area (Å²) in [4.78, 5) is 23.3. The molecular formula is C21H28N4O4S. The van der Waals surface area contributed by atoms with Gasteiger partial charge < -0.3 is 19.5 Å². The molecule has 0 aliphatic carbocycles. The normalized spacial score (nSPS) is 16.8. The van der Waals surface area contributed by atoms with Crippen molar-refractivity contribution in [2.45, 2.75) is 44.1 Å². The van der Waals surface area contributed by atoms with Gasteiger partial charge in [-0.15, -0.1) is 12.3 Å². The van der Waals surface area contributed by atoms with Crippen LogP contribution in [0.2, 0.25) is 0 Å². The fraction of sp³-hybridized carbons (Fsp3) is 0.571. The molecule has 0 aromatic carbocycles. The number of hydrogen-bond acceptors (Lipinski definition) is 7. The number of nitrogens with zero attached hydrogens (tertiary/aromatic N) is 3. The lowest BCUT2D eigenvalue weighted by Crippen LogP contribution is -2.47. The van der Waals surface area contributed by atoms with Crippen LogP contribution in [-0.2, 0) is 4.74 Å². The molecule has 2 N–H and O–H groups in total. The molecule has 8 nitrogen and oxygen atoms in total. The highest BCUT2D eigenvalue weighted by molar-refractivity contribution is 7.22. The second-order valence-electron chi connectivity index (χ2n) is 7.62. The van der Waals surface area contributed by atoms with E-state index in [0.29, 0.717) is 55.5 Å². The van der Waals surface area contributed by atoms with E-state index in [4.69, 9.17) is 15.9 Å². The number of amides is 2. The fourth-order valence-electron chi connectivity index (χ4n) is 3.58. The van der Waals surface area contributed by atoms with Crippen molar-refractivity contribution in [3.63, 3.8) is 0 Å². The first-order valence-corrected chi connectivity index (χ1v) is 10.8. The number of carbonyl (C=O) groups is 1. The number of carbonyl (C=O) groups excluding carboxylic acids is 1. The van der Waals surface area contributed by atoms with Crippen LogP contribution in [-0.4, -0.2) is 65.5 Å². The zero-order chi connectivity index (χ0) is 21.7. The maximum atomic E-state index is 12.7. The van der Waals surface area contributed by atoms with Gasteiger partial charge >= 0.3 is 6.03 Å². The Kier molecular flexibility index (Phi) is 7.13. The van der Waals surface area contributed by atoms with Crippen LogP contribution in [0.3, 0.4) is 0 Å². The summed E-state index contributed by atoms with van der Waals surface area (Å²) in [5.74, 6) is 3.17. The predicted molar refractivity (Wildman–Crippen MR) is 117 cm³/mol. The summed E-state index contributed by atoms with van der Waals surface area (Å²) in [6.07, 6.45) is 9.22. The number of ether oxygens (including phenoxy) is 2. The molecule has 0 bridgehead atoms. The van der Waals surface area contributed by atoms with Crippen molar-refractivity contribution >= 4 is 32.7 Å². The van der Waals surface area contributed by atoms with Crippen LogP contribution in [0.4, 0.5) is 9.93 Å². The Hall–Kier alpha value is -2.41. The van der Waals surface area contributed by atoms with Crippen molar-refractivity contribution in [1.29, 1.82) is 0 Å². The lowest BCUT2D eigenvalue weighted by atomic mass is 9.89. The Morgan fingerprint density at radius 1 is 1.47 bits per heavy atom. The van der Waals surface area contributed by atoms with Crippen molar-refractivity contribution < 1.29 is 19.4 Å². The summed E-state index contributed by atoms with van der Waals surface area (Å²) < 4.78 is 11.5. The van der Waals surface area contributed by atoms with Crippen LogP contribution in [0.25, 0.3) is 10.2 Å². The topological polar surface area (TPSA) is 96.8 Å². The van der Waals surface area contributed by atoms with E-state index in [2.05, 4.69) is 28.1 Å². The molecule has 0 radical (unpaired) electrons.